The maximum absolute atomic E-state index is 12.9. The molecule has 120 valence electrons. The Bertz CT molecular complexity index is 531. The number of carbonyl (C=O) groups excluding carboxylic acids is 2. The van der Waals surface area contributed by atoms with Gasteiger partial charge in [0.2, 0.25) is 5.91 Å². The molecule has 2 rings (SSSR count). The molecule has 7 heteroatoms. The van der Waals surface area contributed by atoms with Gasteiger partial charge in [-0.05, 0) is 30.7 Å². The molecule has 0 aromatic heterocycles. The second-order valence-electron chi connectivity index (χ2n) is 5.29. The minimum atomic E-state index is -0.403. The van der Waals surface area contributed by atoms with Crippen LogP contribution in [0.1, 0.15) is 19.8 Å². The second kappa shape index (κ2) is 7.22. The van der Waals surface area contributed by atoms with E-state index < -0.39 is 6.03 Å². The number of hydrogen-bond donors (Lipinski definition) is 3. The maximum atomic E-state index is 12.9. The van der Waals surface area contributed by atoms with Gasteiger partial charge in [0.05, 0.1) is 18.7 Å². The van der Waals surface area contributed by atoms with Crippen molar-refractivity contribution >= 4 is 17.6 Å². The Morgan fingerprint density at radius 2 is 2.14 bits per heavy atom. The molecule has 2 atom stereocenters. The van der Waals surface area contributed by atoms with E-state index >= 15 is 0 Å². The number of aliphatic hydroxyl groups excluding tert-OH is 1. The van der Waals surface area contributed by atoms with Crippen molar-refractivity contribution in [1.82, 2.24) is 10.6 Å². The molecule has 0 saturated carbocycles. The first-order valence-electron chi connectivity index (χ1n) is 7.27. The van der Waals surface area contributed by atoms with E-state index in [0.29, 0.717) is 18.7 Å². The zero-order chi connectivity index (χ0) is 16.1. The minimum absolute atomic E-state index is 0.119. The molecule has 22 heavy (non-hydrogen) atoms. The van der Waals surface area contributed by atoms with Gasteiger partial charge in [-0.1, -0.05) is 6.92 Å². The summed E-state index contributed by atoms with van der Waals surface area (Å²) in [7, 11) is 0. The fourth-order valence-electron chi connectivity index (χ4n) is 2.36. The van der Waals surface area contributed by atoms with Gasteiger partial charge in [0, 0.05) is 18.7 Å². The molecule has 1 fully saturated rings. The van der Waals surface area contributed by atoms with Crippen LogP contribution in [-0.4, -0.2) is 42.3 Å². The van der Waals surface area contributed by atoms with Crippen LogP contribution in [0.25, 0.3) is 0 Å². The van der Waals surface area contributed by atoms with Crippen LogP contribution in [0.5, 0.6) is 0 Å². The van der Waals surface area contributed by atoms with Crippen molar-refractivity contribution in [2.45, 2.75) is 31.8 Å². The first kappa shape index (κ1) is 16.2. The molecule has 0 spiro atoms. The number of carbonyl (C=O) groups is 2. The summed E-state index contributed by atoms with van der Waals surface area (Å²) in [6.07, 6.45) is 0.815. The number of aliphatic hydroxyl groups is 1. The summed E-state index contributed by atoms with van der Waals surface area (Å²) in [6.45, 7) is 2.07. The summed E-state index contributed by atoms with van der Waals surface area (Å²) in [6, 6.07) is 4.65. The number of urea groups is 1. The summed E-state index contributed by atoms with van der Waals surface area (Å²) in [5.41, 5.74) is 0.609. The highest BCUT2D eigenvalue weighted by molar-refractivity contribution is 5.96. The molecule has 0 unspecified atom stereocenters. The zero-order valence-electron chi connectivity index (χ0n) is 12.4. The maximum Gasteiger partial charge on any atom is 0.315 e. The van der Waals surface area contributed by atoms with E-state index in [2.05, 4.69) is 10.6 Å². The summed E-state index contributed by atoms with van der Waals surface area (Å²) in [4.78, 5) is 25.3. The quantitative estimate of drug-likeness (QED) is 0.759. The Kier molecular flexibility index (Phi) is 5.32. The molecular weight excluding hydrogens is 289 g/mol. The van der Waals surface area contributed by atoms with E-state index in [9.17, 15) is 14.0 Å². The molecule has 1 saturated heterocycles. The summed E-state index contributed by atoms with van der Waals surface area (Å²) < 4.78 is 12.9. The molecule has 6 nitrogen and oxygen atoms in total. The predicted molar refractivity (Wildman–Crippen MR) is 80.0 cm³/mol. The molecule has 1 aromatic carbocycles. The highest BCUT2D eigenvalue weighted by atomic mass is 19.1. The van der Waals surface area contributed by atoms with Crippen LogP contribution in [-0.2, 0) is 4.79 Å². The summed E-state index contributed by atoms with van der Waals surface area (Å²) >= 11 is 0. The molecular formula is C15H20FN3O3. The average molecular weight is 309 g/mol. The van der Waals surface area contributed by atoms with Crippen LogP contribution >= 0.6 is 0 Å². The molecule has 3 N–H and O–H groups in total. The fourth-order valence-corrected chi connectivity index (χ4v) is 2.36. The van der Waals surface area contributed by atoms with E-state index in [-0.39, 0.29) is 36.8 Å². The molecule has 0 radical (unpaired) electrons. The van der Waals surface area contributed by atoms with E-state index in [1.807, 2.05) is 6.92 Å². The highest BCUT2D eigenvalue weighted by Gasteiger charge is 2.31. The van der Waals surface area contributed by atoms with Gasteiger partial charge < -0.3 is 20.6 Å². The molecule has 1 aliphatic heterocycles. The van der Waals surface area contributed by atoms with E-state index in [1.54, 1.807) is 0 Å². The molecule has 1 aromatic rings. The lowest BCUT2D eigenvalue weighted by Gasteiger charge is -2.19. The SMILES string of the molecule is CC[C@@H](CO)NC(=O)N[C@H]1CC(=O)N(c2ccc(F)cc2)C1. The molecule has 0 aliphatic carbocycles. The minimum Gasteiger partial charge on any atom is -0.394 e. The first-order valence-corrected chi connectivity index (χ1v) is 7.27. The van der Waals surface area contributed by atoms with Crippen LogP contribution < -0.4 is 15.5 Å². The van der Waals surface area contributed by atoms with Gasteiger partial charge >= 0.3 is 6.03 Å². The van der Waals surface area contributed by atoms with Crippen molar-refractivity contribution in [2.24, 2.45) is 0 Å². The zero-order valence-corrected chi connectivity index (χ0v) is 12.4. The van der Waals surface area contributed by atoms with Crippen LogP contribution in [0.4, 0.5) is 14.9 Å². The topological polar surface area (TPSA) is 81.7 Å². The van der Waals surface area contributed by atoms with Crippen molar-refractivity contribution in [1.29, 1.82) is 0 Å². The Morgan fingerprint density at radius 1 is 1.45 bits per heavy atom. The number of anilines is 1. The number of benzene rings is 1. The molecule has 1 heterocycles. The molecule has 3 amide bonds. The van der Waals surface area contributed by atoms with E-state index in [0.717, 1.165) is 0 Å². The van der Waals surface area contributed by atoms with Crippen molar-refractivity contribution in [3.8, 4) is 0 Å². The standard InChI is InChI=1S/C15H20FN3O3/c1-2-11(9-20)17-15(22)18-12-7-14(21)19(8-12)13-5-3-10(16)4-6-13/h3-6,11-12,20H,2,7-9H2,1H3,(H2,17,18,22)/t11-,12-/m0/s1. The number of nitrogens with one attached hydrogen (secondary N) is 2. The predicted octanol–water partition coefficient (Wildman–Crippen LogP) is 1.00. The van der Waals surface area contributed by atoms with Crippen LogP contribution in [0.3, 0.4) is 0 Å². The van der Waals surface area contributed by atoms with Gasteiger partial charge in [-0.25, -0.2) is 9.18 Å². The van der Waals surface area contributed by atoms with Crippen molar-refractivity contribution in [2.75, 3.05) is 18.1 Å². The van der Waals surface area contributed by atoms with Gasteiger partial charge in [-0.15, -0.1) is 0 Å². The van der Waals surface area contributed by atoms with Crippen LogP contribution in [0.15, 0.2) is 24.3 Å². The summed E-state index contributed by atoms with van der Waals surface area (Å²) in [5.74, 6) is -0.481. The average Bonchev–Trinajstić information content (AvgIpc) is 2.86. The normalized spacial score (nSPS) is 19.1. The largest absolute Gasteiger partial charge is 0.394 e. The number of amides is 3. The molecule has 1 aliphatic rings. The van der Waals surface area contributed by atoms with Gasteiger partial charge in [-0.2, -0.15) is 0 Å². The van der Waals surface area contributed by atoms with Gasteiger partial charge in [0.1, 0.15) is 5.82 Å². The number of nitrogens with zero attached hydrogens (tertiary/aromatic N) is 1. The fraction of sp³-hybridized carbons (Fsp3) is 0.467. The highest BCUT2D eigenvalue weighted by Crippen LogP contribution is 2.21. The van der Waals surface area contributed by atoms with Gasteiger partial charge in [-0.3, -0.25) is 4.79 Å². The van der Waals surface area contributed by atoms with Gasteiger partial charge in [0.25, 0.3) is 0 Å². The number of halogens is 1. The van der Waals surface area contributed by atoms with Crippen LogP contribution in [0.2, 0.25) is 0 Å². The smallest absolute Gasteiger partial charge is 0.315 e. The Balaban J connectivity index is 1.92. The van der Waals surface area contributed by atoms with Crippen molar-refractivity contribution < 1.29 is 19.1 Å². The number of rotatable bonds is 5. The van der Waals surface area contributed by atoms with Gasteiger partial charge in [0.15, 0.2) is 0 Å². The van der Waals surface area contributed by atoms with Crippen LogP contribution in [0, 0.1) is 5.82 Å². The third-order valence-corrected chi connectivity index (χ3v) is 3.65. The second-order valence-corrected chi connectivity index (χ2v) is 5.29. The Morgan fingerprint density at radius 3 is 2.73 bits per heavy atom. The van der Waals surface area contributed by atoms with Crippen molar-refractivity contribution in [3.63, 3.8) is 0 Å². The lowest BCUT2D eigenvalue weighted by molar-refractivity contribution is -0.117. The lowest BCUT2D eigenvalue weighted by Crippen LogP contribution is -2.48. The van der Waals surface area contributed by atoms with Crippen molar-refractivity contribution in [3.05, 3.63) is 30.1 Å². The number of hydrogen-bond acceptors (Lipinski definition) is 3. The van der Waals surface area contributed by atoms with E-state index in [1.165, 1.54) is 29.2 Å². The molecule has 0 bridgehead atoms. The first-order chi connectivity index (χ1) is 10.5. The third-order valence-electron chi connectivity index (χ3n) is 3.65. The monoisotopic (exact) mass is 309 g/mol. The Hall–Kier alpha value is -2.15. The lowest BCUT2D eigenvalue weighted by atomic mass is 10.2. The summed E-state index contributed by atoms with van der Waals surface area (Å²) in [5, 5.41) is 14.4. The van der Waals surface area contributed by atoms with E-state index in [4.69, 9.17) is 5.11 Å². The third kappa shape index (κ3) is 3.94. The Labute approximate surface area is 128 Å².